The van der Waals surface area contributed by atoms with Gasteiger partial charge in [0.15, 0.2) is 0 Å². The molecule has 1 aliphatic heterocycles. The van der Waals surface area contributed by atoms with Crippen LogP contribution in [0.5, 0.6) is 0 Å². The largest absolute Gasteiger partial charge is 0.355 e. The van der Waals surface area contributed by atoms with Crippen molar-refractivity contribution in [1.82, 2.24) is 20.4 Å². The molecule has 6 nitrogen and oxygen atoms in total. The van der Waals surface area contributed by atoms with E-state index < -0.39 is 0 Å². The van der Waals surface area contributed by atoms with Gasteiger partial charge in [-0.2, -0.15) is 0 Å². The fourth-order valence-corrected chi connectivity index (χ4v) is 3.71. The van der Waals surface area contributed by atoms with E-state index >= 15 is 0 Å². The van der Waals surface area contributed by atoms with E-state index in [-0.39, 0.29) is 17.9 Å². The van der Waals surface area contributed by atoms with Gasteiger partial charge in [0.1, 0.15) is 0 Å². The van der Waals surface area contributed by atoms with Gasteiger partial charge in [0, 0.05) is 39.3 Å². The summed E-state index contributed by atoms with van der Waals surface area (Å²) < 4.78 is 0. The maximum Gasteiger partial charge on any atom is 0.237 e. The Labute approximate surface area is 146 Å². The number of amides is 2. The summed E-state index contributed by atoms with van der Waals surface area (Å²) in [5, 5.41) is 5.99. The lowest BCUT2D eigenvalue weighted by atomic mass is 9.89. The van der Waals surface area contributed by atoms with Crippen molar-refractivity contribution in [2.24, 2.45) is 5.92 Å². The van der Waals surface area contributed by atoms with Gasteiger partial charge in [0.2, 0.25) is 11.8 Å². The molecule has 1 saturated carbocycles. The predicted octanol–water partition coefficient (Wildman–Crippen LogP) is 0.825. The van der Waals surface area contributed by atoms with Gasteiger partial charge in [-0.3, -0.25) is 19.4 Å². The second kappa shape index (κ2) is 9.99. The highest BCUT2D eigenvalue weighted by Crippen LogP contribution is 2.22. The van der Waals surface area contributed by atoms with E-state index in [1.54, 1.807) is 0 Å². The van der Waals surface area contributed by atoms with E-state index in [1.165, 1.54) is 32.1 Å². The van der Waals surface area contributed by atoms with Crippen LogP contribution >= 0.6 is 0 Å². The lowest BCUT2D eigenvalue weighted by molar-refractivity contribution is -0.128. The highest BCUT2D eigenvalue weighted by molar-refractivity contribution is 5.81. The summed E-state index contributed by atoms with van der Waals surface area (Å²) in [4.78, 5) is 28.4. The Kier molecular flexibility index (Phi) is 7.99. The minimum Gasteiger partial charge on any atom is -0.355 e. The molecule has 6 heteroatoms. The molecule has 24 heavy (non-hydrogen) atoms. The number of piperazine rings is 1. The van der Waals surface area contributed by atoms with Crippen molar-refractivity contribution in [3.63, 3.8) is 0 Å². The van der Waals surface area contributed by atoms with Gasteiger partial charge in [-0.15, -0.1) is 0 Å². The molecule has 2 fully saturated rings. The summed E-state index contributed by atoms with van der Waals surface area (Å²) in [5.41, 5.74) is 0. The van der Waals surface area contributed by atoms with E-state index in [1.807, 2.05) is 13.8 Å². The SMILES string of the molecule is CCNC(=O)CN1CCN(C(C)C(=O)NCC2CCCCC2)CC1. The molecule has 2 aliphatic rings. The van der Waals surface area contributed by atoms with Crippen LogP contribution < -0.4 is 10.6 Å². The van der Waals surface area contributed by atoms with Gasteiger partial charge in [-0.05, 0) is 32.6 Å². The number of hydrogen-bond acceptors (Lipinski definition) is 4. The molecule has 1 atom stereocenters. The van der Waals surface area contributed by atoms with Crippen molar-refractivity contribution < 1.29 is 9.59 Å². The summed E-state index contributed by atoms with van der Waals surface area (Å²) in [6.07, 6.45) is 6.48. The highest BCUT2D eigenvalue weighted by atomic mass is 16.2. The first-order chi connectivity index (χ1) is 11.6. The molecule has 1 heterocycles. The molecule has 1 unspecified atom stereocenters. The average Bonchev–Trinajstić information content (AvgIpc) is 2.61. The Morgan fingerprint density at radius 3 is 2.33 bits per heavy atom. The minimum absolute atomic E-state index is 0.0831. The Morgan fingerprint density at radius 1 is 1.04 bits per heavy atom. The smallest absolute Gasteiger partial charge is 0.237 e. The fourth-order valence-electron chi connectivity index (χ4n) is 3.71. The van der Waals surface area contributed by atoms with Crippen molar-refractivity contribution in [1.29, 1.82) is 0 Å². The van der Waals surface area contributed by atoms with Crippen LogP contribution in [0.1, 0.15) is 46.0 Å². The maximum atomic E-state index is 12.4. The normalized spacial score (nSPS) is 22.1. The van der Waals surface area contributed by atoms with E-state index in [0.29, 0.717) is 19.0 Å². The number of nitrogens with zero attached hydrogens (tertiary/aromatic N) is 2. The number of hydrogen-bond donors (Lipinski definition) is 2. The van der Waals surface area contributed by atoms with Crippen LogP contribution in [0.4, 0.5) is 0 Å². The van der Waals surface area contributed by atoms with Crippen LogP contribution in [0.25, 0.3) is 0 Å². The molecular formula is C18H34N4O2. The van der Waals surface area contributed by atoms with Gasteiger partial charge in [0.25, 0.3) is 0 Å². The van der Waals surface area contributed by atoms with Crippen LogP contribution in [0.3, 0.4) is 0 Å². The molecule has 2 rings (SSSR count). The summed E-state index contributed by atoms with van der Waals surface area (Å²) >= 11 is 0. The monoisotopic (exact) mass is 338 g/mol. The van der Waals surface area contributed by atoms with Gasteiger partial charge in [0.05, 0.1) is 12.6 Å². The topological polar surface area (TPSA) is 64.7 Å². The Balaban J connectivity index is 1.66. The zero-order valence-electron chi connectivity index (χ0n) is 15.4. The standard InChI is InChI=1S/C18H34N4O2/c1-3-19-17(23)14-21-9-11-22(12-10-21)15(2)18(24)20-13-16-7-5-4-6-8-16/h15-16H,3-14H2,1-2H3,(H,19,23)(H,20,24). The second-order valence-electron chi connectivity index (χ2n) is 7.19. The van der Waals surface area contributed by atoms with Gasteiger partial charge in [-0.25, -0.2) is 0 Å². The molecular weight excluding hydrogens is 304 g/mol. The summed E-state index contributed by atoms with van der Waals surface area (Å²) in [6, 6.07) is -0.0831. The Bertz CT molecular complexity index is 402. The summed E-state index contributed by atoms with van der Waals surface area (Å²) in [5.74, 6) is 0.908. The number of carbonyl (C=O) groups is 2. The van der Waals surface area contributed by atoms with Crippen LogP contribution in [-0.4, -0.2) is 73.5 Å². The lowest BCUT2D eigenvalue weighted by Crippen LogP contribution is -2.55. The molecule has 2 amide bonds. The molecule has 0 bridgehead atoms. The molecule has 0 aromatic heterocycles. The Hall–Kier alpha value is -1.14. The third-order valence-electron chi connectivity index (χ3n) is 5.36. The first kappa shape index (κ1) is 19.2. The quantitative estimate of drug-likeness (QED) is 0.721. The van der Waals surface area contributed by atoms with E-state index in [9.17, 15) is 9.59 Å². The fraction of sp³-hybridized carbons (Fsp3) is 0.889. The third-order valence-corrected chi connectivity index (χ3v) is 5.36. The number of rotatable bonds is 7. The van der Waals surface area contributed by atoms with Crippen molar-refractivity contribution in [3.05, 3.63) is 0 Å². The van der Waals surface area contributed by atoms with Gasteiger partial charge in [-0.1, -0.05) is 19.3 Å². The zero-order chi connectivity index (χ0) is 17.4. The highest BCUT2D eigenvalue weighted by Gasteiger charge is 2.26. The number of carbonyl (C=O) groups excluding carboxylic acids is 2. The summed E-state index contributed by atoms with van der Waals surface area (Å²) in [7, 11) is 0. The van der Waals surface area contributed by atoms with Crippen molar-refractivity contribution >= 4 is 11.8 Å². The van der Waals surface area contributed by atoms with E-state index in [2.05, 4.69) is 20.4 Å². The number of likely N-dealkylation sites (N-methyl/N-ethyl adjacent to an activating group) is 1. The zero-order valence-corrected chi connectivity index (χ0v) is 15.4. The van der Waals surface area contributed by atoms with Crippen molar-refractivity contribution in [3.8, 4) is 0 Å². The van der Waals surface area contributed by atoms with Crippen LogP contribution in [-0.2, 0) is 9.59 Å². The van der Waals surface area contributed by atoms with Crippen LogP contribution in [0.2, 0.25) is 0 Å². The molecule has 0 spiro atoms. The molecule has 2 N–H and O–H groups in total. The van der Waals surface area contributed by atoms with Crippen LogP contribution in [0.15, 0.2) is 0 Å². The number of nitrogens with one attached hydrogen (secondary N) is 2. The molecule has 0 aromatic rings. The summed E-state index contributed by atoms with van der Waals surface area (Å²) in [6.45, 7) is 9.28. The minimum atomic E-state index is -0.0831. The molecule has 1 saturated heterocycles. The van der Waals surface area contributed by atoms with Gasteiger partial charge >= 0.3 is 0 Å². The van der Waals surface area contributed by atoms with E-state index in [4.69, 9.17) is 0 Å². The molecule has 0 aromatic carbocycles. The third kappa shape index (κ3) is 6.06. The van der Waals surface area contributed by atoms with E-state index in [0.717, 1.165) is 32.7 Å². The molecule has 138 valence electrons. The predicted molar refractivity (Wildman–Crippen MR) is 95.7 cm³/mol. The molecule has 1 aliphatic carbocycles. The first-order valence-corrected chi connectivity index (χ1v) is 9.61. The van der Waals surface area contributed by atoms with Crippen molar-refractivity contribution in [2.45, 2.75) is 52.0 Å². The van der Waals surface area contributed by atoms with Gasteiger partial charge < -0.3 is 10.6 Å². The average molecular weight is 338 g/mol. The first-order valence-electron chi connectivity index (χ1n) is 9.61. The molecule has 0 radical (unpaired) electrons. The maximum absolute atomic E-state index is 12.4. The van der Waals surface area contributed by atoms with Crippen LogP contribution in [0, 0.1) is 5.92 Å². The van der Waals surface area contributed by atoms with Crippen molar-refractivity contribution in [2.75, 3.05) is 45.8 Å². The second-order valence-corrected chi connectivity index (χ2v) is 7.19. The Morgan fingerprint density at radius 2 is 1.71 bits per heavy atom. The lowest BCUT2D eigenvalue weighted by Gasteiger charge is -2.37.